The molecule has 4 N–H and O–H groups in total. The Morgan fingerprint density at radius 1 is 1.14 bits per heavy atom. The van der Waals surface area contributed by atoms with Crippen LogP contribution in [-0.2, 0) is 13.1 Å². The molecule has 8 heteroatoms. The van der Waals surface area contributed by atoms with E-state index in [-0.39, 0.29) is 17.7 Å². The van der Waals surface area contributed by atoms with Crippen molar-refractivity contribution in [2.75, 3.05) is 17.6 Å². The van der Waals surface area contributed by atoms with Gasteiger partial charge < -0.3 is 20.9 Å². The predicted molar refractivity (Wildman–Crippen MR) is 140 cm³/mol. The minimum absolute atomic E-state index is 0.00411. The van der Waals surface area contributed by atoms with Crippen LogP contribution in [0.15, 0.2) is 60.8 Å². The minimum atomic E-state index is -0.287. The summed E-state index contributed by atoms with van der Waals surface area (Å²) in [5, 5.41) is 7.78. The Kier molecular flexibility index (Phi) is 6.10. The number of nitrogens with one attached hydrogen (secondary N) is 2. The molecule has 0 saturated heterocycles. The summed E-state index contributed by atoms with van der Waals surface area (Å²) in [5.74, 6) is -0.384. The zero-order valence-electron chi connectivity index (χ0n) is 20.7. The second-order valence-corrected chi connectivity index (χ2v) is 9.56. The molecule has 2 aromatic heterocycles. The molecule has 5 rings (SSSR count). The van der Waals surface area contributed by atoms with Gasteiger partial charge in [0, 0.05) is 41.3 Å². The van der Waals surface area contributed by atoms with Crippen molar-refractivity contribution >= 4 is 23.2 Å². The lowest BCUT2D eigenvalue weighted by molar-refractivity contribution is 0.0711. The van der Waals surface area contributed by atoms with Gasteiger partial charge in [0.2, 0.25) is 0 Å². The Bertz CT molecular complexity index is 1440. The number of hydrogen-bond acceptors (Lipinski definition) is 4. The Morgan fingerprint density at radius 3 is 2.69 bits per heavy atom. The lowest BCUT2D eigenvalue weighted by Crippen LogP contribution is -2.38. The van der Waals surface area contributed by atoms with Gasteiger partial charge in [-0.2, -0.15) is 5.10 Å². The number of nitrogens with two attached hydrogens (primary N) is 1. The van der Waals surface area contributed by atoms with Gasteiger partial charge in [-0.05, 0) is 60.9 Å². The highest BCUT2D eigenvalue weighted by molar-refractivity contribution is 6.04. The summed E-state index contributed by atoms with van der Waals surface area (Å²) < 4.78 is 1.91. The van der Waals surface area contributed by atoms with Crippen LogP contribution in [0.1, 0.15) is 61.8 Å². The third-order valence-corrected chi connectivity index (χ3v) is 6.68. The third kappa shape index (κ3) is 4.49. The van der Waals surface area contributed by atoms with Gasteiger partial charge in [0.25, 0.3) is 11.8 Å². The largest absolute Gasteiger partial charge is 0.399 e. The van der Waals surface area contributed by atoms with Crippen molar-refractivity contribution < 1.29 is 9.59 Å². The number of rotatable bonds is 5. The van der Waals surface area contributed by atoms with Gasteiger partial charge in [-0.25, -0.2) is 0 Å². The topological polar surface area (TPSA) is 109 Å². The first-order valence-corrected chi connectivity index (χ1v) is 12.1. The van der Waals surface area contributed by atoms with E-state index >= 15 is 0 Å². The quantitative estimate of drug-likeness (QED) is 0.365. The van der Waals surface area contributed by atoms with Crippen LogP contribution in [-0.4, -0.2) is 38.0 Å². The van der Waals surface area contributed by atoms with Gasteiger partial charge in [0.05, 0.1) is 13.1 Å². The fraction of sp³-hybridized carbons (Fsp3) is 0.250. The first-order valence-electron chi connectivity index (χ1n) is 12.1. The molecule has 1 aliphatic heterocycles. The molecule has 0 saturated carbocycles. The van der Waals surface area contributed by atoms with Crippen LogP contribution in [0.3, 0.4) is 0 Å². The van der Waals surface area contributed by atoms with Crippen LogP contribution in [0.5, 0.6) is 0 Å². The molecule has 184 valence electrons. The zero-order valence-corrected chi connectivity index (χ0v) is 20.7. The van der Waals surface area contributed by atoms with Crippen molar-refractivity contribution in [3.8, 4) is 0 Å². The van der Waals surface area contributed by atoms with Crippen LogP contribution in [0.2, 0.25) is 0 Å². The van der Waals surface area contributed by atoms with Crippen LogP contribution >= 0.6 is 0 Å². The molecule has 1 aliphatic rings. The Hall–Kier alpha value is -4.33. The van der Waals surface area contributed by atoms with E-state index in [4.69, 9.17) is 10.8 Å². The number of benzene rings is 2. The second-order valence-electron chi connectivity index (χ2n) is 9.56. The Balaban J connectivity index is 1.53. The number of hydrogen-bond donors (Lipinski definition) is 3. The average Bonchev–Trinajstić information content (AvgIpc) is 3.50. The van der Waals surface area contributed by atoms with Gasteiger partial charge in [0.1, 0.15) is 5.69 Å². The summed E-state index contributed by atoms with van der Waals surface area (Å²) in [7, 11) is 0. The standard InChI is InChI=1S/C28H30N6O2/c1-17-6-4-7-21(12-17)31-27(35)25-22-16-33(28(36)24-8-5-11-30-24)14-19(3)26(22)34(32-25)15-20-9-10-23(29)18(2)13-20/h4-13,19,30H,14-16,29H2,1-3H3,(H,31,35). The Labute approximate surface area is 210 Å². The molecular formula is C28H30N6O2. The minimum Gasteiger partial charge on any atom is -0.399 e. The SMILES string of the molecule is Cc1cccc(NC(=O)c2nn(Cc3ccc(N)c(C)c3)c3c2CN(C(=O)c2ccc[nH]2)CC3C)c1. The van der Waals surface area contributed by atoms with Gasteiger partial charge in [0.15, 0.2) is 5.69 Å². The van der Waals surface area contributed by atoms with Crippen molar-refractivity contribution in [3.63, 3.8) is 0 Å². The van der Waals surface area contributed by atoms with Crippen molar-refractivity contribution in [1.82, 2.24) is 19.7 Å². The van der Waals surface area contributed by atoms with Gasteiger partial charge in [-0.1, -0.05) is 31.2 Å². The molecule has 4 aromatic rings. The van der Waals surface area contributed by atoms with Gasteiger partial charge >= 0.3 is 0 Å². The number of nitrogens with zero attached hydrogens (tertiary/aromatic N) is 3. The first kappa shape index (κ1) is 23.4. The van der Waals surface area contributed by atoms with Crippen molar-refractivity contribution in [1.29, 1.82) is 0 Å². The van der Waals surface area contributed by atoms with Crippen molar-refractivity contribution in [3.05, 3.63) is 100 Å². The number of aromatic amines is 1. The highest BCUT2D eigenvalue weighted by Gasteiger charge is 2.34. The van der Waals surface area contributed by atoms with E-state index in [2.05, 4.69) is 17.2 Å². The summed E-state index contributed by atoms with van der Waals surface area (Å²) in [5.41, 5.74) is 13.2. The van der Waals surface area contributed by atoms with Crippen LogP contribution in [0, 0.1) is 13.8 Å². The van der Waals surface area contributed by atoms with Crippen molar-refractivity contribution in [2.24, 2.45) is 0 Å². The highest BCUT2D eigenvalue weighted by Crippen LogP contribution is 2.32. The fourth-order valence-corrected chi connectivity index (χ4v) is 4.91. The zero-order chi connectivity index (χ0) is 25.4. The summed E-state index contributed by atoms with van der Waals surface area (Å²) in [6, 6.07) is 17.2. The van der Waals surface area contributed by atoms with E-state index in [0.29, 0.717) is 36.7 Å². The lowest BCUT2D eigenvalue weighted by Gasteiger charge is -2.32. The smallest absolute Gasteiger partial charge is 0.276 e. The van der Waals surface area contributed by atoms with E-state index in [0.717, 1.165) is 33.6 Å². The molecule has 0 spiro atoms. The summed E-state index contributed by atoms with van der Waals surface area (Å²) in [4.78, 5) is 31.4. The number of carbonyl (C=O) groups is 2. The number of amides is 2. The molecule has 1 atom stereocenters. The second kappa shape index (κ2) is 9.37. The molecule has 0 radical (unpaired) electrons. The van der Waals surface area contributed by atoms with E-state index in [9.17, 15) is 9.59 Å². The molecule has 0 bridgehead atoms. The number of aryl methyl sites for hydroxylation is 2. The number of fused-ring (bicyclic) bond motifs is 1. The highest BCUT2D eigenvalue weighted by atomic mass is 16.2. The number of H-pyrrole nitrogens is 1. The predicted octanol–water partition coefficient (Wildman–Crippen LogP) is 4.47. The normalized spacial score (nSPS) is 15.0. The molecule has 1 unspecified atom stereocenters. The first-order chi connectivity index (χ1) is 17.3. The molecule has 2 aromatic carbocycles. The number of anilines is 2. The number of aromatic nitrogens is 3. The number of carbonyl (C=O) groups excluding carboxylic acids is 2. The average molecular weight is 483 g/mol. The molecule has 0 aliphatic carbocycles. The lowest BCUT2D eigenvalue weighted by atomic mass is 9.95. The van der Waals surface area contributed by atoms with E-state index < -0.39 is 0 Å². The molecule has 0 fully saturated rings. The maximum absolute atomic E-state index is 13.5. The maximum atomic E-state index is 13.5. The van der Waals surface area contributed by atoms with Gasteiger partial charge in [-0.15, -0.1) is 0 Å². The van der Waals surface area contributed by atoms with E-state index in [1.54, 1.807) is 23.2 Å². The molecule has 8 nitrogen and oxygen atoms in total. The summed E-state index contributed by atoms with van der Waals surface area (Å²) in [6.45, 7) is 7.39. The monoisotopic (exact) mass is 482 g/mol. The fourth-order valence-electron chi connectivity index (χ4n) is 4.91. The summed E-state index contributed by atoms with van der Waals surface area (Å²) >= 11 is 0. The Morgan fingerprint density at radius 2 is 1.97 bits per heavy atom. The van der Waals surface area contributed by atoms with Crippen molar-refractivity contribution in [2.45, 2.75) is 39.8 Å². The third-order valence-electron chi connectivity index (χ3n) is 6.68. The van der Waals surface area contributed by atoms with Crippen LogP contribution in [0.4, 0.5) is 11.4 Å². The molecular weight excluding hydrogens is 452 g/mol. The van der Waals surface area contributed by atoms with Gasteiger partial charge in [-0.3, -0.25) is 14.3 Å². The number of nitrogen functional groups attached to an aromatic ring is 1. The maximum Gasteiger partial charge on any atom is 0.276 e. The molecule has 3 heterocycles. The van der Waals surface area contributed by atoms with Crippen LogP contribution in [0.25, 0.3) is 0 Å². The van der Waals surface area contributed by atoms with Crippen LogP contribution < -0.4 is 11.1 Å². The molecule has 2 amide bonds. The molecule has 36 heavy (non-hydrogen) atoms. The summed E-state index contributed by atoms with van der Waals surface area (Å²) in [6.07, 6.45) is 1.74. The van der Waals surface area contributed by atoms with E-state index in [1.165, 1.54) is 0 Å². The van der Waals surface area contributed by atoms with E-state index in [1.807, 2.05) is 61.0 Å².